The summed E-state index contributed by atoms with van der Waals surface area (Å²) in [6.07, 6.45) is 0. The molecule has 2 aromatic carbocycles. The van der Waals surface area contributed by atoms with Crippen LogP contribution in [0.1, 0.15) is 16.2 Å². The number of aromatic nitrogens is 2. The van der Waals surface area contributed by atoms with Gasteiger partial charge in [0.2, 0.25) is 5.82 Å². The molecule has 0 aliphatic carbocycles. The van der Waals surface area contributed by atoms with Crippen LogP contribution in [0.3, 0.4) is 0 Å². The summed E-state index contributed by atoms with van der Waals surface area (Å²) in [4.78, 5) is 16.4. The molecule has 7 nitrogen and oxygen atoms in total. The van der Waals surface area contributed by atoms with Crippen LogP contribution in [0.4, 0.5) is 0 Å². The Morgan fingerprint density at radius 2 is 1.92 bits per heavy atom. The minimum atomic E-state index is -0.529. The quantitative estimate of drug-likeness (QED) is 0.637. The van der Waals surface area contributed by atoms with Crippen molar-refractivity contribution < 1.29 is 23.5 Å². The van der Waals surface area contributed by atoms with Crippen molar-refractivity contribution in [2.75, 3.05) is 14.2 Å². The van der Waals surface area contributed by atoms with Crippen LogP contribution in [-0.2, 0) is 11.3 Å². The van der Waals surface area contributed by atoms with Crippen molar-refractivity contribution in [3.05, 3.63) is 60.0 Å². The average molecular weight is 340 g/mol. The average Bonchev–Trinajstić information content (AvgIpc) is 3.15. The van der Waals surface area contributed by atoms with Crippen LogP contribution >= 0.6 is 0 Å². The van der Waals surface area contributed by atoms with Gasteiger partial charge in [0, 0.05) is 5.56 Å². The molecule has 0 amide bonds. The molecular weight excluding hydrogens is 324 g/mol. The highest BCUT2D eigenvalue weighted by atomic mass is 16.6. The van der Waals surface area contributed by atoms with Gasteiger partial charge in [-0.15, -0.1) is 0 Å². The Kier molecular flexibility index (Phi) is 4.94. The van der Waals surface area contributed by atoms with E-state index in [1.54, 1.807) is 37.4 Å². The van der Waals surface area contributed by atoms with E-state index in [4.69, 9.17) is 18.7 Å². The monoisotopic (exact) mass is 340 g/mol. The number of methoxy groups -OCH3 is 2. The van der Waals surface area contributed by atoms with E-state index in [2.05, 4.69) is 10.1 Å². The van der Waals surface area contributed by atoms with E-state index in [1.807, 2.05) is 18.2 Å². The zero-order chi connectivity index (χ0) is 17.6. The number of carbonyl (C=O) groups is 1. The maximum absolute atomic E-state index is 12.1. The van der Waals surface area contributed by atoms with Crippen LogP contribution in [0.25, 0.3) is 11.4 Å². The van der Waals surface area contributed by atoms with E-state index in [9.17, 15) is 4.79 Å². The molecule has 0 fully saturated rings. The molecule has 7 heteroatoms. The van der Waals surface area contributed by atoms with Gasteiger partial charge in [0.05, 0.1) is 14.2 Å². The second kappa shape index (κ2) is 7.48. The van der Waals surface area contributed by atoms with Gasteiger partial charge in [-0.2, -0.15) is 4.98 Å². The van der Waals surface area contributed by atoms with Crippen LogP contribution in [0.2, 0.25) is 0 Å². The maximum atomic E-state index is 12.1. The molecule has 0 spiro atoms. The van der Waals surface area contributed by atoms with Gasteiger partial charge in [-0.3, -0.25) is 0 Å². The van der Waals surface area contributed by atoms with Crippen LogP contribution < -0.4 is 9.47 Å². The topological polar surface area (TPSA) is 83.7 Å². The highest BCUT2D eigenvalue weighted by Crippen LogP contribution is 2.22. The summed E-state index contributed by atoms with van der Waals surface area (Å²) in [5.74, 6) is 1.18. The fraction of sp³-hybridized carbons (Fsp3) is 0.167. The molecule has 0 bridgehead atoms. The first kappa shape index (κ1) is 16.5. The maximum Gasteiger partial charge on any atom is 0.342 e. The number of ether oxygens (including phenoxy) is 3. The molecule has 0 unspecified atom stereocenters. The summed E-state index contributed by atoms with van der Waals surface area (Å²) in [7, 11) is 3.07. The summed E-state index contributed by atoms with van der Waals surface area (Å²) < 4.78 is 20.6. The van der Waals surface area contributed by atoms with Gasteiger partial charge in [-0.05, 0) is 24.3 Å². The van der Waals surface area contributed by atoms with Crippen LogP contribution in [0, 0.1) is 0 Å². The van der Waals surface area contributed by atoms with E-state index < -0.39 is 5.97 Å². The molecule has 25 heavy (non-hydrogen) atoms. The first-order valence-corrected chi connectivity index (χ1v) is 7.48. The fourth-order valence-corrected chi connectivity index (χ4v) is 2.21. The molecule has 0 N–H and O–H groups in total. The standard InChI is InChI=1S/C18H16N2O5/c1-22-13-7-5-6-12(10-13)17-19-16(25-20-17)11-24-18(21)14-8-3-4-9-15(14)23-2/h3-10H,11H2,1-2H3. The zero-order valence-corrected chi connectivity index (χ0v) is 13.8. The summed E-state index contributed by atoms with van der Waals surface area (Å²) in [6.45, 7) is -0.131. The third-order valence-electron chi connectivity index (χ3n) is 3.45. The molecule has 1 heterocycles. The normalized spacial score (nSPS) is 10.3. The van der Waals surface area contributed by atoms with Crippen LogP contribution in [-0.4, -0.2) is 30.3 Å². The zero-order valence-electron chi connectivity index (χ0n) is 13.8. The molecule has 0 aliphatic heterocycles. The van der Waals surface area contributed by atoms with Crippen molar-refractivity contribution in [1.82, 2.24) is 10.1 Å². The van der Waals surface area contributed by atoms with Crippen molar-refractivity contribution in [2.24, 2.45) is 0 Å². The molecule has 0 radical (unpaired) electrons. The van der Waals surface area contributed by atoms with Gasteiger partial charge in [0.1, 0.15) is 17.1 Å². The van der Waals surface area contributed by atoms with Gasteiger partial charge < -0.3 is 18.7 Å². The largest absolute Gasteiger partial charge is 0.497 e. The van der Waals surface area contributed by atoms with Crippen molar-refractivity contribution in [3.63, 3.8) is 0 Å². The lowest BCUT2D eigenvalue weighted by atomic mass is 10.2. The Morgan fingerprint density at radius 3 is 2.72 bits per heavy atom. The van der Waals surface area contributed by atoms with Crippen molar-refractivity contribution in [1.29, 1.82) is 0 Å². The van der Waals surface area contributed by atoms with E-state index in [-0.39, 0.29) is 12.5 Å². The second-order valence-electron chi connectivity index (χ2n) is 5.02. The lowest BCUT2D eigenvalue weighted by Gasteiger charge is -2.06. The SMILES string of the molecule is COc1cccc(-c2noc(COC(=O)c3ccccc3OC)n2)c1. The summed E-state index contributed by atoms with van der Waals surface area (Å²) >= 11 is 0. The van der Waals surface area contributed by atoms with E-state index >= 15 is 0 Å². The first-order chi connectivity index (χ1) is 12.2. The molecule has 0 atom stereocenters. The number of hydrogen-bond acceptors (Lipinski definition) is 7. The number of rotatable bonds is 6. The van der Waals surface area contributed by atoms with Crippen molar-refractivity contribution in [3.8, 4) is 22.9 Å². The Balaban J connectivity index is 1.68. The third kappa shape index (κ3) is 3.77. The molecule has 1 aromatic heterocycles. The summed E-state index contributed by atoms with van der Waals surface area (Å²) in [5, 5.41) is 3.89. The van der Waals surface area contributed by atoms with Gasteiger partial charge in [0.15, 0.2) is 6.61 Å². The lowest BCUT2D eigenvalue weighted by Crippen LogP contribution is -2.07. The number of carbonyl (C=O) groups excluding carboxylic acids is 1. The lowest BCUT2D eigenvalue weighted by molar-refractivity contribution is 0.0426. The first-order valence-electron chi connectivity index (χ1n) is 7.48. The Bertz CT molecular complexity index is 875. The van der Waals surface area contributed by atoms with Gasteiger partial charge in [0.25, 0.3) is 5.89 Å². The smallest absolute Gasteiger partial charge is 0.342 e. The Morgan fingerprint density at radius 1 is 1.08 bits per heavy atom. The van der Waals surface area contributed by atoms with Crippen LogP contribution in [0.15, 0.2) is 53.1 Å². The Labute approximate surface area is 144 Å². The highest BCUT2D eigenvalue weighted by Gasteiger charge is 2.15. The van der Waals surface area contributed by atoms with Gasteiger partial charge in [-0.1, -0.05) is 29.4 Å². The fourth-order valence-electron chi connectivity index (χ4n) is 2.21. The molecule has 3 rings (SSSR count). The minimum absolute atomic E-state index is 0.131. The number of nitrogens with zero attached hydrogens (tertiary/aromatic N) is 2. The number of benzene rings is 2. The summed E-state index contributed by atoms with van der Waals surface area (Å²) in [6, 6.07) is 14.1. The van der Waals surface area contributed by atoms with Crippen molar-refractivity contribution in [2.45, 2.75) is 6.61 Å². The van der Waals surface area contributed by atoms with E-state index in [0.717, 1.165) is 5.56 Å². The molecule has 0 saturated carbocycles. The van der Waals surface area contributed by atoms with E-state index in [1.165, 1.54) is 7.11 Å². The third-order valence-corrected chi connectivity index (χ3v) is 3.45. The van der Waals surface area contributed by atoms with Gasteiger partial charge in [-0.25, -0.2) is 4.79 Å². The molecular formula is C18H16N2O5. The van der Waals surface area contributed by atoms with Crippen molar-refractivity contribution >= 4 is 5.97 Å². The second-order valence-corrected chi connectivity index (χ2v) is 5.02. The van der Waals surface area contributed by atoms with Gasteiger partial charge >= 0.3 is 5.97 Å². The van der Waals surface area contributed by atoms with Crippen LogP contribution in [0.5, 0.6) is 11.5 Å². The number of esters is 1. The predicted molar refractivity (Wildman–Crippen MR) is 88.4 cm³/mol. The molecule has 0 saturated heterocycles. The minimum Gasteiger partial charge on any atom is -0.497 e. The molecule has 128 valence electrons. The summed E-state index contributed by atoms with van der Waals surface area (Å²) in [5.41, 5.74) is 1.07. The number of para-hydroxylation sites is 1. The molecule has 3 aromatic rings. The van der Waals surface area contributed by atoms with E-state index in [0.29, 0.717) is 22.9 Å². The Hall–Kier alpha value is -3.35. The highest BCUT2D eigenvalue weighted by molar-refractivity contribution is 5.92. The molecule has 0 aliphatic rings. The number of hydrogen-bond donors (Lipinski definition) is 0. The predicted octanol–water partition coefficient (Wildman–Crippen LogP) is 3.11.